The SMILES string of the molecule is CCCC1CN(CC(O)C(N)=O)C1. The van der Waals surface area contributed by atoms with Gasteiger partial charge in [-0.15, -0.1) is 0 Å². The van der Waals surface area contributed by atoms with Gasteiger partial charge in [0.25, 0.3) is 0 Å². The highest BCUT2D eigenvalue weighted by Crippen LogP contribution is 2.20. The summed E-state index contributed by atoms with van der Waals surface area (Å²) in [6.07, 6.45) is 1.45. The summed E-state index contributed by atoms with van der Waals surface area (Å²) < 4.78 is 0. The fourth-order valence-electron chi connectivity index (χ4n) is 1.75. The van der Waals surface area contributed by atoms with E-state index in [0.29, 0.717) is 6.54 Å². The van der Waals surface area contributed by atoms with Crippen molar-refractivity contribution >= 4 is 5.91 Å². The van der Waals surface area contributed by atoms with Gasteiger partial charge >= 0.3 is 0 Å². The summed E-state index contributed by atoms with van der Waals surface area (Å²) in [4.78, 5) is 12.6. The van der Waals surface area contributed by atoms with Gasteiger partial charge < -0.3 is 10.8 Å². The molecule has 1 saturated heterocycles. The fraction of sp³-hybridized carbons (Fsp3) is 0.889. The molecule has 1 aliphatic rings. The average molecular weight is 186 g/mol. The van der Waals surface area contributed by atoms with Crippen LogP contribution in [-0.2, 0) is 4.79 Å². The Morgan fingerprint density at radius 3 is 2.77 bits per heavy atom. The molecule has 0 radical (unpaired) electrons. The van der Waals surface area contributed by atoms with Crippen LogP contribution in [0.5, 0.6) is 0 Å². The first kappa shape index (κ1) is 10.5. The summed E-state index contributed by atoms with van der Waals surface area (Å²) >= 11 is 0. The van der Waals surface area contributed by atoms with Crippen LogP contribution < -0.4 is 5.73 Å². The molecule has 1 heterocycles. The van der Waals surface area contributed by atoms with Crippen LogP contribution in [0.25, 0.3) is 0 Å². The molecule has 3 N–H and O–H groups in total. The number of hydrogen-bond donors (Lipinski definition) is 2. The maximum Gasteiger partial charge on any atom is 0.247 e. The Kier molecular flexibility index (Phi) is 3.69. The molecule has 0 bridgehead atoms. The number of β-amino-alcohol motifs (C(OH)–C–C–N with tert-alkyl or cyclic N) is 1. The second-order valence-electron chi connectivity index (χ2n) is 3.79. The van der Waals surface area contributed by atoms with Gasteiger partial charge in [0.2, 0.25) is 5.91 Å². The van der Waals surface area contributed by atoms with Crippen molar-refractivity contribution < 1.29 is 9.90 Å². The summed E-state index contributed by atoms with van der Waals surface area (Å²) in [5.41, 5.74) is 4.94. The van der Waals surface area contributed by atoms with E-state index in [1.165, 1.54) is 12.8 Å². The Balaban J connectivity index is 2.11. The van der Waals surface area contributed by atoms with Crippen LogP contribution in [0.2, 0.25) is 0 Å². The predicted molar refractivity (Wildman–Crippen MR) is 50.0 cm³/mol. The van der Waals surface area contributed by atoms with E-state index >= 15 is 0 Å². The summed E-state index contributed by atoms with van der Waals surface area (Å²) in [6.45, 7) is 4.56. The molecule has 4 nitrogen and oxygen atoms in total. The van der Waals surface area contributed by atoms with Crippen LogP contribution in [0.3, 0.4) is 0 Å². The van der Waals surface area contributed by atoms with Gasteiger partial charge in [0, 0.05) is 19.6 Å². The quantitative estimate of drug-likeness (QED) is 0.612. The number of likely N-dealkylation sites (tertiary alicyclic amines) is 1. The molecular weight excluding hydrogens is 168 g/mol. The van der Waals surface area contributed by atoms with Crippen molar-refractivity contribution in [2.45, 2.75) is 25.9 Å². The molecule has 0 aromatic heterocycles. The smallest absolute Gasteiger partial charge is 0.247 e. The third kappa shape index (κ3) is 2.97. The minimum absolute atomic E-state index is 0.398. The Morgan fingerprint density at radius 2 is 2.31 bits per heavy atom. The van der Waals surface area contributed by atoms with Gasteiger partial charge in [0.05, 0.1) is 0 Å². The number of primary amides is 1. The predicted octanol–water partition coefficient (Wildman–Crippen LogP) is -0.435. The molecule has 1 aliphatic heterocycles. The van der Waals surface area contributed by atoms with Crippen molar-refractivity contribution in [3.8, 4) is 0 Å². The topological polar surface area (TPSA) is 66.6 Å². The van der Waals surface area contributed by atoms with Crippen LogP contribution in [0.15, 0.2) is 0 Å². The molecule has 1 unspecified atom stereocenters. The first-order valence-electron chi connectivity index (χ1n) is 4.83. The highest BCUT2D eigenvalue weighted by molar-refractivity contribution is 5.78. The van der Waals surface area contributed by atoms with Gasteiger partial charge in [-0.1, -0.05) is 13.3 Å². The molecule has 1 amide bonds. The molecule has 0 spiro atoms. The molecule has 76 valence electrons. The monoisotopic (exact) mass is 186 g/mol. The number of nitrogens with zero attached hydrogens (tertiary/aromatic N) is 1. The molecule has 0 aromatic carbocycles. The third-order valence-electron chi connectivity index (χ3n) is 2.49. The molecule has 1 rings (SSSR count). The number of nitrogens with two attached hydrogens (primary N) is 1. The van der Waals surface area contributed by atoms with Crippen LogP contribution in [0.4, 0.5) is 0 Å². The maximum absolute atomic E-state index is 10.5. The highest BCUT2D eigenvalue weighted by atomic mass is 16.3. The first-order valence-corrected chi connectivity index (χ1v) is 4.83. The summed E-state index contributed by atoms with van der Waals surface area (Å²) in [5.74, 6) is 0.129. The van der Waals surface area contributed by atoms with Crippen molar-refractivity contribution in [2.24, 2.45) is 11.7 Å². The Morgan fingerprint density at radius 1 is 1.69 bits per heavy atom. The second kappa shape index (κ2) is 4.58. The number of amides is 1. The van der Waals surface area contributed by atoms with E-state index in [1.54, 1.807) is 0 Å². The lowest BCUT2D eigenvalue weighted by Gasteiger charge is -2.39. The standard InChI is InChI=1S/C9H18N2O2/c1-2-3-7-4-11(5-7)6-8(12)9(10)13/h7-8,12H,2-6H2,1H3,(H2,10,13). The number of aliphatic hydroxyl groups excluding tert-OH is 1. The molecule has 1 fully saturated rings. The summed E-state index contributed by atoms with van der Waals surface area (Å²) in [5, 5.41) is 9.16. The third-order valence-corrected chi connectivity index (χ3v) is 2.49. The van der Waals surface area contributed by atoms with Crippen molar-refractivity contribution in [2.75, 3.05) is 19.6 Å². The highest BCUT2D eigenvalue weighted by Gasteiger charge is 2.28. The van der Waals surface area contributed by atoms with E-state index in [0.717, 1.165) is 19.0 Å². The fourth-order valence-corrected chi connectivity index (χ4v) is 1.75. The number of aliphatic hydroxyl groups is 1. The molecule has 0 saturated carbocycles. The van der Waals surface area contributed by atoms with Crippen molar-refractivity contribution in [1.29, 1.82) is 0 Å². The largest absolute Gasteiger partial charge is 0.382 e. The number of hydrogen-bond acceptors (Lipinski definition) is 3. The lowest BCUT2D eigenvalue weighted by atomic mass is 9.95. The molecular formula is C9H18N2O2. The Bertz CT molecular complexity index is 178. The second-order valence-corrected chi connectivity index (χ2v) is 3.79. The minimum atomic E-state index is -0.998. The van der Waals surface area contributed by atoms with E-state index in [9.17, 15) is 4.79 Å². The molecule has 0 aliphatic carbocycles. The van der Waals surface area contributed by atoms with E-state index in [1.807, 2.05) is 0 Å². The van der Waals surface area contributed by atoms with E-state index in [2.05, 4.69) is 11.8 Å². The van der Waals surface area contributed by atoms with Gasteiger partial charge in [0.1, 0.15) is 6.10 Å². The van der Waals surface area contributed by atoms with Crippen LogP contribution in [-0.4, -0.2) is 41.7 Å². The number of carbonyl (C=O) groups excluding carboxylic acids is 1. The average Bonchev–Trinajstić information content (AvgIpc) is 2.00. The van der Waals surface area contributed by atoms with Gasteiger partial charge in [-0.05, 0) is 12.3 Å². The van der Waals surface area contributed by atoms with Crippen molar-refractivity contribution in [3.05, 3.63) is 0 Å². The van der Waals surface area contributed by atoms with Gasteiger partial charge in [-0.3, -0.25) is 9.69 Å². The van der Waals surface area contributed by atoms with E-state index < -0.39 is 12.0 Å². The zero-order valence-electron chi connectivity index (χ0n) is 8.07. The molecule has 13 heavy (non-hydrogen) atoms. The van der Waals surface area contributed by atoms with Crippen molar-refractivity contribution in [3.63, 3.8) is 0 Å². The van der Waals surface area contributed by atoms with Gasteiger partial charge in [0.15, 0.2) is 0 Å². The van der Waals surface area contributed by atoms with E-state index in [-0.39, 0.29) is 0 Å². The zero-order valence-corrected chi connectivity index (χ0v) is 8.07. The number of rotatable bonds is 5. The lowest BCUT2D eigenvalue weighted by molar-refractivity contribution is -0.127. The minimum Gasteiger partial charge on any atom is -0.382 e. The first-order chi connectivity index (χ1) is 6.13. The Hall–Kier alpha value is -0.610. The van der Waals surface area contributed by atoms with Gasteiger partial charge in [-0.2, -0.15) is 0 Å². The van der Waals surface area contributed by atoms with E-state index in [4.69, 9.17) is 10.8 Å². The van der Waals surface area contributed by atoms with Crippen LogP contribution >= 0.6 is 0 Å². The summed E-state index contributed by atoms with van der Waals surface area (Å²) in [6, 6.07) is 0. The molecule has 0 aromatic rings. The Labute approximate surface area is 78.7 Å². The summed E-state index contributed by atoms with van der Waals surface area (Å²) in [7, 11) is 0. The van der Waals surface area contributed by atoms with Gasteiger partial charge in [-0.25, -0.2) is 0 Å². The lowest BCUT2D eigenvalue weighted by Crippen LogP contribution is -2.51. The zero-order chi connectivity index (χ0) is 9.84. The number of carbonyl (C=O) groups is 1. The molecule has 1 atom stereocenters. The van der Waals surface area contributed by atoms with Crippen LogP contribution in [0, 0.1) is 5.92 Å². The van der Waals surface area contributed by atoms with Crippen LogP contribution in [0.1, 0.15) is 19.8 Å². The van der Waals surface area contributed by atoms with Crippen molar-refractivity contribution in [1.82, 2.24) is 4.90 Å². The molecule has 4 heteroatoms. The maximum atomic E-state index is 10.5. The normalized spacial score (nSPS) is 21.1.